The lowest BCUT2D eigenvalue weighted by Crippen LogP contribution is -2.56. The maximum absolute atomic E-state index is 14.1. The molecule has 13 N–H and O–H groups in total. The highest BCUT2D eigenvalue weighted by molar-refractivity contribution is 7.85. The van der Waals surface area contributed by atoms with Crippen LogP contribution in [0.3, 0.4) is 0 Å². The number of methoxy groups -OCH3 is 1. The highest BCUT2D eigenvalue weighted by Crippen LogP contribution is 2.53. The first-order valence-corrected chi connectivity index (χ1v) is 29.7. The number of amides is 6. The number of aliphatic hydroxyl groups excluding tert-OH is 2. The number of ether oxygens (including phenoxy) is 5. The van der Waals surface area contributed by atoms with Gasteiger partial charge in [-0.15, -0.1) is 0 Å². The van der Waals surface area contributed by atoms with Gasteiger partial charge in [0.2, 0.25) is 17.6 Å². The van der Waals surface area contributed by atoms with Crippen LogP contribution in [0.25, 0.3) is 11.1 Å². The van der Waals surface area contributed by atoms with E-state index in [1.165, 1.54) is 38.3 Å². The third kappa shape index (κ3) is 13.4. The van der Waals surface area contributed by atoms with Crippen LogP contribution in [-0.4, -0.2) is 155 Å². The van der Waals surface area contributed by atoms with Crippen molar-refractivity contribution in [3.8, 4) is 28.4 Å². The summed E-state index contributed by atoms with van der Waals surface area (Å²) in [5.74, 6) is -7.15. The number of alkyl carbamates (subject to hydrolysis) is 2. The van der Waals surface area contributed by atoms with Gasteiger partial charge < -0.3 is 81.5 Å². The molecule has 89 heavy (non-hydrogen) atoms. The molecule has 0 spiro atoms. The quantitative estimate of drug-likeness (QED) is 0.0278. The predicted octanol–water partition coefficient (Wildman–Crippen LogP) is 3.65. The number of nitrogens with one attached hydrogen (secondary N) is 5. The second-order valence-electron chi connectivity index (χ2n) is 22.3. The molecule has 1 heterocycles. The van der Waals surface area contributed by atoms with Gasteiger partial charge in [0.1, 0.15) is 65.8 Å². The number of primary amides is 1. The molecular weight excluding hydrogens is 1180 g/mol. The minimum atomic E-state index is -5.15. The van der Waals surface area contributed by atoms with E-state index in [0.29, 0.717) is 0 Å². The van der Waals surface area contributed by atoms with Gasteiger partial charge in [-0.25, -0.2) is 14.4 Å². The summed E-state index contributed by atoms with van der Waals surface area (Å²) in [5, 5.41) is 69.0. The van der Waals surface area contributed by atoms with Gasteiger partial charge in [0.15, 0.2) is 17.9 Å². The van der Waals surface area contributed by atoms with Gasteiger partial charge in [-0.05, 0) is 66.1 Å². The van der Waals surface area contributed by atoms with E-state index in [-0.39, 0.29) is 71.2 Å². The number of ketones is 3. The van der Waals surface area contributed by atoms with Gasteiger partial charge >= 0.3 is 18.2 Å². The molecule has 5 aromatic rings. The SMILES string of the molecule is COc1cccc2c1C(=O)c1c(O)c3c(c(O)c1C2=O)C[C@@](O)(C(=O)CO)C[C@@H]3O[C@H]1C[C@H](NC(=O)OCc2ccc(NC(=O)C(CCCNC(N)=O)NC(=O)C(NC(=O)OCC3c4ccccc4-c4ccccc43)C(C)C)cc2S(=O)(=O)O)[C@H](O)[C@H](C)O1. The van der Waals surface area contributed by atoms with Crippen molar-refractivity contribution in [2.24, 2.45) is 11.7 Å². The van der Waals surface area contributed by atoms with Gasteiger partial charge in [0.25, 0.3) is 10.1 Å². The Labute approximate surface area is 508 Å². The summed E-state index contributed by atoms with van der Waals surface area (Å²) in [7, 11) is -3.89. The number of rotatable bonds is 21. The number of anilines is 1. The molecule has 5 aromatic carbocycles. The molecule has 9 rings (SSSR count). The molecule has 3 aliphatic carbocycles. The standard InChI is InChI=1S/C61H66N6O21S/c1-28(2)50(67-60(79)86-27-38-34-13-7-5-11-32(34)33-12-6-8-14-35(33)38)57(76)65-39(16-10-20-63-58(62)77)56(75)64-31-19-18-30(43(21-31)89(81,82)83)26-85-59(78)66-40-22-45(87-29(3)51(40)70)88-42-24-61(80,44(69)25-68)23-37-47(42)55(74)49-48(53(37)72)52(71)36-15-9-17-41(84-4)46(36)54(49)73/h5-9,11-15,17-19,21,28-29,38-40,42,45,50-51,68,70,72,74,80H,10,16,20,22-27H2,1-4H3,(H,64,75)(H,65,76)(H,66,78)(H,67,79)(H3,62,63,77)(H,81,82,83)/t29-,39?,40-,42-,45-,50?,51+,61-/m0/s1. The lowest BCUT2D eigenvalue weighted by atomic mass is 9.72. The zero-order chi connectivity index (χ0) is 64.4. The molecule has 472 valence electrons. The van der Waals surface area contributed by atoms with Crippen LogP contribution < -0.4 is 37.1 Å². The van der Waals surface area contributed by atoms with Crippen molar-refractivity contribution in [2.75, 3.05) is 32.2 Å². The molecule has 8 atom stereocenters. The third-order valence-electron chi connectivity index (χ3n) is 16.2. The number of aromatic hydroxyl groups is 2. The van der Waals surface area contributed by atoms with Crippen molar-refractivity contribution in [1.29, 1.82) is 0 Å². The number of fused-ring (bicyclic) bond motifs is 6. The number of phenols is 2. The number of phenolic OH excluding ortho intramolecular Hbond substituents is 2. The molecule has 4 aliphatic rings. The van der Waals surface area contributed by atoms with Gasteiger partial charge in [-0.3, -0.25) is 28.5 Å². The summed E-state index contributed by atoms with van der Waals surface area (Å²) in [6, 6.07) is 18.0. The summed E-state index contributed by atoms with van der Waals surface area (Å²) < 4.78 is 64.6. The van der Waals surface area contributed by atoms with Crippen LogP contribution in [0.5, 0.6) is 17.2 Å². The van der Waals surface area contributed by atoms with Gasteiger partial charge in [-0.2, -0.15) is 8.42 Å². The van der Waals surface area contributed by atoms with Crippen LogP contribution in [0.1, 0.15) is 118 Å². The smallest absolute Gasteiger partial charge is 0.407 e. The van der Waals surface area contributed by atoms with Crippen LogP contribution in [0.2, 0.25) is 0 Å². The first-order chi connectivity index (χ1) is 42.2. The van der Waals surface area contributed by atoms with Crippen molar-refractivity contribution >= 4 is 63.2 Å². The highest BCUT2D eigenvalue weighted by Gasteiger charge is 2.51. The molecule has 0 bridgehead atoms. The predicted molar refractivity (Wildman–Crippen MR) is 311 cm³/mol. The topological polar surface area (TPSA) is 424 Å². The summed E-state index contributed by atoms with van der Waals surface area (Å²) in [4.78, 5) is 107. The van der Waals surface area contributed by atoms with Crippen LogP contribution in [-0.2, 0) is 56.5 Å². The Balaban J connectivity index is 0.863. The Morgan fingerprint density at radius 2 is 1.49 bits per heavy atom. The molecule has 27 nitrogen and oxygen atoms in total. The monoisotopic (exact) mass is 1250 g/mol. The summed E-state index contributed by atoms with van der Waals surface area (Å²) >= 11 is 0. The maximum atomic E-state index is 14.1. The van der Waals surface area contributed by atoms with E-state index in [9.17, 15) is 76.9 Å². The number of Topliss-reactive ketones (excluding diaryl/α,β-unsaturated/α-hetero) is 1. The third-order valence-corrected chi connectivity index (χ3v) is 17.1. The summed E-state index contributed by atoms with van der Waals surface area (Å²) in [6.07, 6.45) is -9.87. The molecule has 2 unspecified atom stereocenters. The Kier molecular flexibility index (Phi) is 19.1. The number of aliphatic hydroxyl groups is 3. The van der Waals surface area contributed by atoms with Crippen LogP contribution in [0, 0.1) is 5.92 Å². The average molecular weight is 1250 g/mol. The van der Waals surface area contributed by atoms with E-state index >= 15 is 0 Å². The summed E-state index contributed by atoms with van der Waals surface area (Å²) in [6.45, 7) is 2.60. The number of hydrogen-bond donors (Lipinski definition) is 12. The molecular formula is C61H66N6O21S. The van der Waals surface area contributed by atoms with Crippen molar-refractivity contribution < 1.29 is 101 Å². The maximum Gasteiger partial charge on any atom is 0.407 e. The van der Waals surface area contributed by atoms with E-state index in [1.54, 1.807) is 13.8 Å². The number of carbonyl (C=O) groups excluding carboxylic acids is 8. The van der Waals surface area contributed by atoms with Crippen LogP contribution >= 0.6 is 0 Å². The molecule has 0 saturated carbocycles. The minimum Gasteiger partial charge on any atom is -0.507 e. The molecule has 1 fully saturated rings. The first-order valence-electron chi connectivity index (χ1n) is 28.3. The Hall–Kier alpha value is -9.03. The van der Waals surface area contributed by atoms with E-state index in [2.05, 4.69) is 26.6 Å². The summed E-state index contributed by atoms with van der Waals surface area (Å²) in [5.41, 5.74) is 3.85. The van der Waals surface area contributed by atoms with Crippen molar-refractivity contribution in [2.45, 2.75) is 119 Å². The Bertz CT molecular complexity index is 3740. The van der Waals surface area contributed by atoms with Gasteiger partial charge in [0.05, 0.1) is 42.0 Å². The first kappa shape index (κ1) is 64.4. The second-order valence-corrected chi connectivity index (χ2v) is 23.7. The Morgan fingerprint density at radius 3 is 2.13 bits per heavy atom. The number of urea groups is 1. The van der Waals surface area contributed by atoms with Crippen molar-refractivity contribution in [3.05, 3.63) is 135 Å². The fourth-order valence-electron chi connectivity index (χ4n) is 11.8. The number of hydrogen-bond acceptors (Lipinski definition) is 20. The number of nitrogens with two attached hydrogens (primary N) is 1. The van der Waals surface area contributed by atoms with E-state index < -0.39 is 172 Å². The zero-order valence-electron chi connectivity index (χ0n) is 48.4. The van der Waals surface area contributed by atoms with E-state index in [4.69, 9.17) is 29.4 Å². The fourth-order valence-corrected chi connectivity index (χ4v) is 12.5. The molecule has 1 saturated heterocycles. The molecule has 0 aromatic heterocycles. The lowest BCUT2D eigenvalue weighted by molar-refractivity contribution is -0.249. The fraction of sp³-hybridized carbons (Fsp3) is 0.377. The average Bonchev–Trinajstić information content (AvgIpc) is 1.25. The number of benzene rings is 5. The number of carbonyl (C=O) groups is 8. The molecule has 0 radical (unpaired) electrons. The van der Waals surface area contributed by atoms with E-state index in [0.717, 1.165) is 34.4 Å². The molecule has 6 amide bonds. The second kappa shape index (κ2) is 26.4. The van der Waals surface area contributed by atoms with Gasteiger partial charge in [-0.1, -0.05) is 80.6 Å². The van der Waals surface area contributed by atoms with Crippen molar-refractivity contribution in [3.63, 3.8) is 0 Å². The minimum absolute atomic E-state index is 0.0145. The highest BCUT2D eigenvalue weighted by atomic mass is 32.2. The van der Waals surface area contributed by atoms with Crippen LogP contribution in [0.15, 0.2) is 89.8 Å². The lowest BCUT2D eigenvalue weighted by Gasteiger charge is -2.42. The van der Waals surface area contributed by atoms with Crippen molar-refractivity contribution in [1.82, 2.24) is 21.3 Å². The van der Waals surface area contributed by atoms with Crippen LogP contribution in [0.4, 0.5) is 20.1 Å². The molecule has 28 heteroatoms. The van der Waals surface area contributed by atoms with E-state index in [1.807, 2.05) is 48.5 Å². The van der Waals surface area contributed by atoms with Gasteiger partial charge in [0, 0.05) is 59.7 Å². The zero-order valence-corrected chi connectivity index (χ0v) is 49.3. The Morgan fingerprint density at radius 1 is 0.831 bits per heavy atom. The largest absolute Gasteiger partial charge is 0.507 e. The normalized spacial score (nSPS) is 20.7. The molecule has 1 aliphatic heterocycles.